The third kappa shape index (κ3) is 5.97. The second-order valence-electron chi connectivity index (χ2n) is 9.17. The van der Waals surface area contributed by atoms with Crippen molar-refractivity contribution in [2.45, 2.75) is 15.5 Å². The number of nitro benzene ring substituents is 1. The molecule has 1 aliphatic heterocycles. The summed E-state index contributed by atoms with van der Waals surface area (Å²) in [5.41, 5.74) is 1.51. The Balaban J connectivity index is 1.42. The molecule has 3 aromatic carbocycles. The van der Waals surface area contributed by atoms with Crippen LogP contribution in [0.5, 0.6) is 5.75 Å². The minimum Gasteiger partial charge on any atom is -0.497 e. The Morgan fingerprint density at radius 1 is 0.976 bits per heavy atom. The highest BCUT2D eigenvalue weighted by atomic mass is 32.2. The first-order valence-electron chi connectivity index (χ1n) is 12.7. The van der Waals surface area contributed by atoms with Crippen LogP contribution >= 0.6 is 11.8 Å². The van der Waals surface area contributed by atoms with Crippen molar-refractivity contribution in [3.8, 4) is 11.4 Å². The van der Waals surface area contributed by atoms with E-state index in [0.29, 0.717) is 22.0 Å². The summed E-state index contributed by atoms with van der Waals surface area (Å²) in [4.78, 5) is 26.7. The number of nitro groups is 1. The van der Waals surface area contributed by atoms with Crippen LogP contribution in [0.2, 0.25) is 0 Å². The van der Waals surface area contributed by atoms with Crippen LogP contribution in [0.3, 0.4) is 0 Å². The maximum absolute atomic E-state index is 13.7. The van der Waals surface area contributed by atoms with Gasteiger partial charge in [0.05, 0.1) is 35.7 Å². The second-order valence-corrected chi connectivity index (χ2v) is 12.1. The van der Waals surface area contributed by atoms with Gasteiger partial charge in [-0.25, -0.2) is 8.42 Å². The number of methoxy groups -OCH3 is 1. The van der Waals surface area contributed by atoms with Gasteiger partial charge in [-0.3, -0.25) is 14.9 Å². The number of anilines is 1. The summed E-state index contributed by atoms with van der Waals surface area (Å²) < 4.78 is 34.5. The molecule has 1 saturated heterocycles. The molecule has 11 nitrogen and oxygen atoms in total. The van der Waals surface area contributed by atoms with E-state index in [1.807, 2.05) is 65.6 Å². The van der Waals surface area contributed by atoms with Gasteiger partial charge in [0.1, 0.15) is 10.6 Å². The van der Waals surface area contributed by atoms with Gasteiger partial charge in [-0.15, -0.1) is 11.8 Å². The lowest BCUT2D eigenvalue weighted by atomic mass is 10.2. The number of hydrogen-bond acceptors (Lipinski definition) is 9. The van der Waals surface area contributed by atoms with Crippen molar-refractivity contribution in [1.29, 1.82) is 0 Å². The zero-order valence-electron chi connectivity index (χ0n) is 22.1. The van der Waals surface area contributed by atoms with Crippen LogP contribution in [0.4, 0.5) is 11.4 Å². The zero-order valence-corrected chi connectivity index (χ0v) is 23.8. The predicted molar refractivity (Wildman–Crippen MR) is 156 cm³/mol. The summed E-state index contributed by atoms with van der Waals surface area (Å²) in [6, 6.07) is 22.6. The van der Waals surface area contributed by atoms with Crippen molar-refractivity contribution >= 4 is 33.2 Å². The van der Waals surface area contributed by atoms with Gasteiger partial charge < -0.3 is 9.64 Å². The standard InChI is InChI=1S/C28H27N5O6S2/c1-39-23-12-13-26(24(18-23)33(35)36)41(37,38)31-16-14-30(15-17-31)25-19-29-32(22-10-6-3-7-11-22)28(34)27(25)40-20-21-8-4-2-5-9-21/h2-13,18-19H,14-17,20H2,1H3. The minimum absolute atomic E-state index is 0.0794. The van der Waals surface area contributed by atoms with Gasteiger partial charge in [-0.1, -0.05) is 48.5 Å². The van der Waals surface area contributed by atoms with Gasteiger partial charge in [0.2, 0.25) is 10.0 Å². The van der Waals surface area contributed by atoms with Gasteiger partial charge in [0.25, 0.3) is 11.2 Å². The number of rotatable bonds is 9. The number of piperazine rings is 1. The SMILES string of the molecule is COc1ccc(S(=O)(=O)N2CCN(c3cnn(-c4ccccc4)c(=O)c3SCc3ccccc3)CC2)c([N+](=O)[O-])c1. The fourth-order valence-corrected chi connectivity index (χ4v) is 7.17. The fourth-order valence-electron chi connectivity index (χ4n) is 4.57. The lowest BCUT2D eigenvalue weighted by Crippen LogP contribution is -2.49. The molecule has 0 spiro atoms. The van der Waals surface area contributed by atoms with Crippen LogP contribution in [0.1, 0.15) is 5.56 Å². The molecule has 0 bridgehead atoms. The molecule has 1 aliphatic rings. The van der Waals surface area contributed by atoms with E-state index < -0.39 is 20.6 Å². The normalized spacial score (nSPS) is 14.1. The number of aromatic nitrogens is 2. The molecule has 0 amide bonds. The largest absolute Gasteiger partial charge is 0.497 e. The lowest BCUT2D eigenvalue weighted by Gasteiger charge is -2.35. The van der Waals surface area contributed by atoms with Crippen molar-refractivity contribution in [3.63, 3.8) is 0 Å². The molecular weight excluding hydrogens is 566 g/mol. The molecule has 0 aliphatic carbocycles. The van der Waals surface area contributed by atoms with Crippen molar-refractivity contribution in [2.24, 2.45) is 0 Å². The molecule has 4 aromatic rings. The van der Waals surface area contributed by atoms with Crippen LogP contribution in [0, 0.1) is 10.1 Å². The van der Waals surface area contributed by atoms with Gasteiger partial charge in [-0.2, -0.15) is 14.1 Å². The molecule has 2 heterocycles. The Hall–Kier alpha value is -4.20. The molecule has 0 unspecified atom stereocenters. The highest BCUT2D eigenvalue weighted by molar-refractivity contribution is 7.98. The fraction of sp³-hybridized carbons (Fsp3) is 0.214. The van der Waals surface area contributed by atoms with E-state index in [1.54, 1.807) is 6.20 Å². The zero-order chi connectivity index (χ0) is 29.0. The topological polar surface area (TPSA) is 128 Å². The monoisotopic (exact) mass is 593 g/mol. The van der Waals surface area contributed by atoms with E-state index in [4.69, 9.17) is 4.74 Å². The third-order valence-electron chi connectivity index (χ3n) is 6.70. The number of thioether (sulfide) groups is 1. The molecular formula is C28H27N5O6S2. The summed E-state index contributed by atoms with van der Waals surface area (Å²) in [6.07, 6.45) is 1.64. The summed E-state index contributed by atoms with van der Waals surface area (Å²) in [5.74, 6) is 0.760. The molecule has 0 atom stereocenters. The molecule has 212 valence electrons. The third-order valence-corrected chi connectivity index (χ3v) is 9.80. The van der Waals surface area contributed by atoms with Crippen LogP contribution in [0.15, 0.2) is 99.6 Å². The average Bonchev–Trinajstić information content (AvgIpc) is 3.01. The number of para-hydroxylation sites is 1. The van der Waals surface area contributed by atoms with Crippen LogP contribution < -0.4 is 15.2 Å². The Bertz CT molecular complexity index is 1710. The van der Waals surface area contributed by atoms with Crippen molar-refractivity contribution in [1.82, 2.24) is 14.1 Å². The van der Waals surface area contributed by atoms with Crippen molar-refractivity contribution < 1.29 is 18.1 Å². The van der Waals surface area contributed by atoms with Crippen LogP contribution in [-0.4, -0.2) is 60.7 Å². The van der Waals surface area contributed by atoms with E-state index in [1.165, 1.54) is 40.0 Å². The molecule has 0 N–H and O–H groups in total. The second kappa shape index (κ2) is 12.1. The highest BCUT2D eigenvalue weighted by Gasteiger charge is 2.35. The van der Waals surface area contributed by atoms with Gasteiger partial charge in [-0.05, 0) is 29.8 Å². The van der Waals surface area contributed by atoms with Crippen molar-refractivity contribution in [3.05, 3.63) is 111 Å². The van der Waals surface area contributed by atoms with Crippen LogP contribution in [-0.2, 0) is 15.8 Å². The summed E-state index contributed by atoms with van der Waals surface area (Å²) in [6.45, 7) is 0.712. The summed E-state index contributed by atoms with van der Waals surface area (Å²) in [7, 11) is -2.80. The maximum Gasteiger partial charge on any atom is 0.293 e. The summed E-state index contributed by atoms with van der Waals surface area (Å²) in [5, 5.41) is 16.1. The van der Waals surface area contributed by atoms with Crippen LogP contribution in [0.25, 0.3) is 5.69 Å². The molecule has 1 fully saturated rings. The molecule has 41 heavy (non-hydrogen) atoms. The summed E-state index contributed by atoms with van der Waals surface area (Å²) >= 11 is 1.41. The van der Waals surface area contributed by atoms with E-state index in [0.717, 1.165) is 11.6 Å². The van der Waals surface area contributed by atoms with Gasteiger partial charge in [0, 0.05) is 31.9 Å². The maximum atomic E-state index is 13.7. The number of hydrogen-bond donors (Lipinski definition) is 0. The first kappa shape index (κ1) is 28.3. The molecule has 5 rings (SSSR count). The minimum atomic E-state index is -4.15. The smallest absolute Gasteiger partial charge is 0.293 e. The Morgan fingerprint density at radius 2 is 1.63 bits per heavy atom. The number of nitrogens with zero attached hydrogens (tertiary/aromatic N) is 5. The Kier molecular flexibility index (Phi) is 8.38. The highest BCUT2D eigenvalue weighted by Crippen LogP contribution is 2.33. The molecule has 0 radical (unpaired) electrons. The van der Waals surface area contributed by atoms with E-state index in [2.05, 4.69) is 5.10 Å². The van der Waals surface area contributed by atoms with E-state index in [-0.39, 0.29) is 42.4 Å². The molecule has 1 aromatic heterocycles. The number of benzene rings is 3. The molecule has 0 saturated carbocycles. The Labute approximate surface area is 241 Å². The van der Waals surface area contributed by atoms with Crippen molar-refractivity contribution in [2.75, 3.05) is 38.2 Å². The van der Waals surface area contributed by atoms with Gasteiger partial charge >= 0.3 is 0 Å². The molecule has 13 heteroatoms. The quantitative estimate of drug-likeness (QED) is 0.161. The first-order valence-corrected chi connectivity index (χ1v) is 15.1. The predicted octanol–water partition coefficient (Wildman–Crippen LogP) is 3.95. The Morgan fingerprint density at radius 3 is 2.27 bits per heavy atom. The lowest BCUT2D eigenvalue weighted by molar-refractivity contribution is -0.387. The van der Waals surface area contributed by atoms with E-state index in [9.17, 15) is 23.3 Å². The number of sulfonamides is 1. The van der Waals surface area contributed by atoms with Gasteiger partial charge in [0.15, 0.2) is 4.90 Å². The first-order chi connectivity index (χ1) is 19.8. The number of ether oxygens (including phenoxy) is 1. The average molecular weight is 594 g/mol. The van der Waals surface area contributed by atoms with E-state index >= 15 is 0 Å².